The third-order valence-corrected chi connectivity index (χ3v) is 6.56. The summed E-state index contributed by atoms with van der Waals surface area (Å²) in [6.07, 6.45) is 2.90. The topological polar surface area (TPSA) is 106 Å². The molecule has 0 aliphatic rings. The van der Waals surface area contributed by atoms with Crippen molar-refractivity contribution >= 4 is 58.1 Å². The van der Waals surface area contributed by atoms with Gasteiger partial charge in [0.25, 0.3) is 0 Å². The number of hydrogen-bond acceptors (Lipinski definition) is 7. The number of amides is 2. The number of unbranched alkanes of at least 4 members (excludes halogenated alkanes) is 2. The Balaban J connectivity index is 0.00000408. The van der Waals surface area contributed by atoms with Crippen molar-refractivity contribution in [2.24, 2.45) is 0 Å². The number of methoxy groups -OCH3 is 1. The quantitative estimate of drug-likeness (QED) is 0.171. The molecule has 2 amide bonds. The summed E-state index contributed by atoms with van der Waals surface area (Å²) in [5.74, 6) is 1.12. The van der Waals surface area contributed by atoms with Crippen LogP contribution in [0.3, 0.4) is 0 Å². The minimum absolute atomic E-state index is 0. The summed E-state index contributed by atoms with van der Waals surface area (Å²) in [6.45, 7) is 0.612. The molecule has 4 N–H and O–H groups in total. The van der Waals surface area contributed by atoms with Crippen molar-refractivity contribution in [2.45, 2.75) is 30.6 Å². The van der Waals surface area contributed by atoms with E-state index in [-0.39, 0.29) is 24.2 Å². The second kappa shape index (κ2) is 14.5. The van der Waals surface area contributed by atoms with E-state index in [0.29, 0.717) is 29.5 Å². The molecule has 0 spiro atoms. The summed E-state index contributed by atoms with van der Waals surface area (Å²) >= 11 is 2.89. The van der Waals surface area contributed by atoms with Crippen molar-refractivity contribution in [1.82, 2.24) is 10.3 Å². The lowest BCUT2D eigenvalue weighted by molar-refractivity contribution is -0.118. The van der Waals surface area contributed by atoms with Gasteiger partial charge in [-0.2, -0.15) is 0 Å². The molecule has 0 aliphatic carbocycles. The van der Waals surface area contributed by atoms with Crippen molar-refractivity contribution in [3.63, 3.8) is 0 Å². The fourth-order valence-electron chi connectivity index (χ4n) is 2.99. The van der Waals surface area contributed by atoms with Crippen LogP contribution in [0.25, 0.3) is 11.3 Å². The molecule has 1 aromatic heterocycles. The number of carbonyl (C=O) groups excluding carboxylic acids is 2. The first kappa shape index (κ1) is 27.5. The second-order valence-electron chi connectivity index (χ2n) is 7.33. The molecule has 1 heterocycles. The van der Waals surface area contributed by atoms with E-state index in [0.717, 1.165) is 41.2 Å². The van der Waals surface area contributed by atoms with E-state index in [1.165, 1.54) is 23.1 Å². The maximum absolute atomic E-state index is 12.2. The summed E-state index contributed by atoms with van der Waals surface area (Å²) in [5, 5.41) is 8.30. The van der Waals surface area contributed by atoms with Gasteiger partial charge >= 0.3 is 0 Å². The molecular formula is C24H29ClN4O3S2. The number of anilines is 2. The Hall–Kier alpha value is -2.75. The first-order chi connectivity index (χ1) is 16.0. The molecule has 3 rings (SSSR count). The summed E-state index contributed by atoms with van der Waals surface area (Å²) in [7, 11) is 1.63. The van der Waals surface area contributed by atoms with E-state index < -0.39 is 0 Å². The zero-order valence-electron chi connectivity index (χ0n) is 18.9. The van der Waals surface area contributed by atoms with Gasteiger partial charge in [-0.25, -0.2) is 4.98 Å². The van der Waals surface area contributed by atoms with Crippen LogP contribution in [0.5, 0.6) is 5.75 Å². The van der Waals surface area contributed by atoms with Crippen molar-refractivity contribution < 1.29 is 14.3 Å². The van der Waals surface area contributed by atoms with Gasteiger partial charge in [0.05, 0.1) is 18.6 Å². The molecule has 0 aliphatic heterocycles. The highest BCUT2D eigenvalue weighted by molar-refractivity contribution is 8.00. The van der Waals surface area contributed by atoms with Crippen LogP contribution in [-0.2, 0) is 9.59 Å². The van der Waals surface area contributed by atoms with Crippen molar-refractivity contribution in [3.8, 4) is 17.0 Å². The van der Waals surface area contributed by atoms with Gasteiger partial charge in [-0.1, -0.05) is 6.42 Å². The number of carbonyl (C=O) groups is 2. The number of halogens is 1. The Labute approximate surface area is 214 Å². The van der Waals surface area contributed by atoms with Gasteiger partial charge in [0, 0.05) is 34.5 Å². The fourth-order valence-corrected chi connectivity index (χ4v) is 4.45. The molecule has 10 heteroatoms. The summed E-state index contributed by atoms with van der Waals surface area (Å²) < 4.78 is 5.17. The lowest BCUT2D eigenvalue weighted by Gasteiger charge is -2.06. The largest absolute Gasteiger partial charge is 0.497 e. The number of aromatic nitrogens is 1. The van der Waals surface area contributed by atoms with Crippen LogP contribution in [-0.4, -0.2) is 36.2 Å². The van der Waals surface area contributed by atoms with Crippen molar-refractivity contribution in [1.29, 1.82) is 0 Å². The molecule has 0 saturated carbocycles. The van der Waals surface area contributed by atoms with Crippen LogP contribution in [0.4, 0.5) is 10.8 Å². The van der Waals surface area contributed by atoms with E-state index in [2.05, 4.69) is 15.6 Å². The zero-order valence-corrected chi connectivity index (χ0v) is 21.4. The SMILES string of the molecule is COc1ccc(-c2csc(NC(=O)CCCCCNC(=O)CSc3ccc(N)cc3)n2)cc1.Cl. The second-order valence-corrected chi connectivity index (χ2v) is 9.24. The van der Waals surface area contributed by atoms with Gasteiger partial charge in [0.15, 0.2) is 5.13 Å². The summed E-state index contributed by atoms with van der Waals surface area (Å²) in [5.41, 5.74) is 8.16. The van der Waals surface area contributed by atoms with E-state index in [9.17, 15) is 9.59 Å². The third kappa shape index (κ3) is 9.24. The first-order valence-electron chi connectivity index (χ1n) is 10.7. The molecule has 2 aromatic carbocycles. The minimum Gasteiger partial charge on any atom is -0.497 e. The lowest BCUT2D eigenvalue weighted by atomic mass is 10.2. The Morgan fingerprint density at radius 2 is 1.76 bits per heavy atom. The normalized spacial score (nSPS) is 10.3. The molecule has 7 nitrogen and oxygen atoms in total. The molecule has 3 aromatic rings. The van der Waals surface area contributed by atoms with Crippen LogP contribution in [0, 0.1) is 0 Å². The number of ether oxygens (including phenoxy) is 1. The van der Waals surface area contributed by atoms with Gasteiger partial charge in [-0.3, -0.25) is 9.59 Å². The zero-order chi connectivity index (χ0) is 23.5. The molecule has 0 atom stereocenters. The van der Waals surface area contributed by atoms with E-state index in [1.54, 1.807) is 7.11 Å². The summed E-state index contributed by atoms with van der Waals surface area (Å²) in [4.78, 5) is 29.6. The molecule has 0 fully saturated rings. The Morgan fingerprint density at radius 3 is 2.47 bits per heavy atom. The molecule has 0 bridgehead atoms. The maximum Gasteiger partial charge on any atom is 0.230 e. The van der Waals surface area contributed by atoms with E-state index in [1.807, 2.05) is 53.9 Å². The first-order valence-corrected chi connectivity index (χ1v) is 12.5. The number of nitrogens with zero attached hydrogens (tertiary/aromatic N) is 1. The number of nitrogens with two attached hydrogens (primary N) is 1. The Bertz CT molecular complexity index is 1040. The molecular weight excluding hydrogens is 492 g/mol. The van der Waals surface area contributed by atoms with Gasteiger partial charge in [-0.05, 0) is 61.4 Å². The molecule has 34 heavy (non-hydrogen) atoms. The van der Waals surface area contributed by atoms with Crippen molar-refractivity contribution in [2.75, 3.05) is 30.5 Å². The number of thioether (sulfide) groups is 1. The minimum atomic E-state index is -0.0467. The number of nitrogen functional groups attached to an aromatic ring is 1. The average Bonchev–Trinajstić information content (AvgIpc) is 3.29. The van der Waals surface area contributed by atoms with Crippen LogP contribution in [0.2, 0.25) is 0 Å². The molecule has 0 unspecified atom stereocenters. The number of rotatable bonds is 12. The van der Waals surface area contributed by atoms with Crippen molar-refractivity contribution in [3.05, 3.63) is 53.9 Å². The highest BCUT2D eigenvalue weighted by Gasteiger charge is 2.09. The maximum atomic E-state index is 12.2. The van der Waals surface area contributed by atoms with Gasteiger partial charge in [0.2, 0.25) is 11.8 Å². The van der Waals surface area contributed by atoms with E-state index in [4.69, 9.17) is 10.5 Å². The molecule has 0 saturated heterocycles. The van der Waals surface area contributed by atoms with E-state index >= 15 is 0 Å². The molecule has 182 valence electrons. The molecule has 0 radical (unpaired) electrons. The van der Waals surface area contributed by atoms with Crippen LogP contribution in [0.15, 0.2) is 58.8 Å². The Morgan fingerprint density at radius 1 is 1.03 bits per heavy atom. The summed E-state index contributed by atoms with van der Waals surface area (Å²) in [6, 6.07) is 15.1. The number of nitrogens with one attached hydrogen (secondary N) is 2. The van der Waals surface area contributed by atoms with Crippen LogP contribution in [0.1, 0.15) is 25.7 Å². The number of benzene rings is 2. The number of thiazole rings is 1. The fraction of sp³-hybridized carbons (Fsp3) is 0.292. The Kier molecular flexibility index (Phi) is 11.7. The van der Waals surface area contributed by atoms with Gasteiger partial charge in [-0.15, -0.1) is 35.5 Å². The monoisotopic (exact) mass is 520 g/mol. The van der Waals surface area contributed by atoms with Crippen LogP contribution >= 0.6 is 35.5 Å². The predicted octanol–water partition coefficient (Wildman–Crippen LogP) is 5.23. The lowest BCUT2D eigenvalue weighted by Crippen LogP contribution is -2.26. The predicted molar refractivity (Wildman–Crippen MR) is 143 cm³/mol. The third-order valence-electron chi connectivity index (χ3n) is 4.79. The van der Waals surface area contributed by atoms with Crippen LogP contribution < -0.4 is 21.1 Å². The van der Waals surface area contributed by atoms with Gasteiger partial charge in [0.1, 0.15) is 5.75 Å². The van der Waals surface area contributed by atoms with Gasteiger partial charge < -0.3 is 21.1 Å². The number of hydrogen-bond donors (Lipinski definition) is 3. The highest BCUT2D eigenvalue weighted by Crippen LogP contribution is 2.26. The highest BCUT2D eigenvalue weighted by atomic mass is 35.5. The standard InChI is InChI=1S/C24H28N4O3S2.ClH/c1-31-19-10-6-17(7-11-19)21-15-33-24(27-21)28-22(29)5-3-2-4-14-26-23(30)16-32-20-12-8-18(25)9-13-20;/h6-13,15H,2-5,14,16,25H2,1H3,(H,26,30)(H,27,28,29);1H. The average molecular weight is 521 g/mol. The smallest absolute Gasteiger partial charge is 0.230 e.